The average molecular weight is 480 g/mol. The normalized spacial score (nSPS) is 22.1. The number of hydrogen-bond donors (Lipinski definition) is 1. The van der Waals surface area contributed by atoms with Gasteiger partial charge in [0.25, 0.3) is 5.56 Å². The van der Waals surface area contributed by atoms with Gasteiger partial charge in [0.05, 0.1) is 34.6 Å². The number of likely N-dealkylation sites (tertiary alicyclic amines) is 1. The van der Waals surface area contributed by atoms with Gasteiger partial charge in [-0.25, -0.2) is 9.18 Å². The molecule has 9 heteroatoms. The molecule has 3 aliphatic rings. The second-order valence-corrected chi connectivity index (χ2v) is 9.82. The molecule has 5 heterocycles. The molecule has 0 aliphatic carbocycles. The fraction of sp³-hybridized carbons (Fsp3) is 0.423. The van der Waals surface area contributed by atoms with Gasteiger partial charge in [0, 0.05) is 17.0 Å². The molecule has 3 aromatic rings. The van der Waals surface area contributed by atoms with E-state index in [4.69, 9.17) is 4.74 Å². The number of aromatic nitrogens is 2. The highest BCUT2D eigenvalue weighted by Crippen LogP contribution is 2.40. The van der Waals surface area contributed by atoms with Gasteiger partial charge in [0.1, 0.15) is 12.4 Å². The molecule has 0 spiro atoms. The Morgan fingerprint density at radius 1 is 1.17 bits per heavy atom. The summed E-state index contributed by atoms with van der Waals surface area (Å²) in [6.45, 7) is 3.37. The van der Waals surface area contributed by atoms with Crippen molar-refractivity contribution in [3.63, 3.8) is 0 Å². The predicted molar refractivity (Wildman–Crippen MR) is 127 cm³/mol. The highest BCUT2D eigenvalue weighted by Gasteiger charge is 2.45. The minimum absolute atomic E-state index is 0.0251. The van der Waals surface area contributed by atoms with Crippen LogP contribution in [-0.4, -0.2) is 45.2 Å². The molecule has 2 aromatic heterocycles. The molecule has 0 radical (unpaired) electrons. The smallest absolute Gasteiger partial charge is 0.343 e. The average Bonchev–Trinajstić information content (AvgIpc) is 3.23. The van der Waals surface area contributed by atoms with Crippen LogP contribution in [-0.2, 0) is 28.3 Å². The van der Waals surface area contributed by atoms with E-state index in [-0.39, 0.29) is 47.6 Å². The van der Waals surface area contributed by atoms with Crippen molar-refractivity contribution < 1.29 is 19.0 Å². The Balaban J connectivity index is 1.67. The van der Waals surface area contributed by atoms with Gasteiger partial charge in [-0.1, -0.05) is 6.92 Å². The number of aliphatic hydroxyl groups is 1. The lowest BCUT2D eigenvalue weighted by Gasteiger charge is -2.33. The predicted octanol–water partition coefficient (Wildman–Crippen LogP) is 2.25. The number of carbonyl (C=O) groups excluding carboxylic acids is 1. The molecule has 0 saturated carbocycles. The van der Waals surface area contributed by atoms with Gasteiger partial charge in [-0.15, -0.1) is 0 Å². The number of hydrogen-bond acceptors (Lipinski definition) is 6. The number of halogens is 1. The molecule has 1 atom stereocenters. The van der Waals surface area contributed by atoms with E-state index in [1.54, 1.807) is 19.1 Å². The third-order valence-electron chi connectivity index (χ3n) is 7.93. The summed E-state index contributed by atoms with van der Waals surface area (Å²) >= 11 is 0. The molecule has 0 unspecified atom stereocenters. The Morgan fingerprint density at radius 2 is 1.91 bits per heavy atom. The Bertz CT molecular complexity index is 1530. The molecule has 8 nitrogen and oxygen atoms in total. The van der Waals surface area contributed by atoms with Crippen LogP contribution in [0.4, 0.5) is 4.39 Å². The first-order valence-electron chi connectivity index (χ1n) is 12.0. The molecule has 1 saturated heterocycles. The van der Waals surface area contributed by atoms with Gasteiger partial charge in [0.15, 0.2) is 11.0 Å². The SMILES string of the molecule is CC[C@@]1(O)C(=O)OCc2c1cc1n(c2=O)Cc2c-1c(=O)c1cc(F)ccc1n2C1CCN(C)CC1. The van der Waals surface area contributed by atoms with Gasteiger partial charge in [-0.05, 0) is 63.7 Å². The number of esters is 1. The van der Waals surface area contributed by atoms with Crippen LogP contribution in [0.1, 0.15) is 49.0 Å². The summed E-state index contributed by atoms with van der Waals surface area (Å²) in [5.74, 6) is -1.31. The van der Waals surface area contributed by atoms with Crippen LogP contribution in [0.15, 0.2) is 33.9 Å². The molecule has 3 aliphatic heterocycles. The lowest BCUT2D eigenvalue weighted by Crippen LogP contribution is -2.44. The summed E-state index contributed by atoms with van der Waals surface area (Å²) in [6.07, 6.45) is 1.74. The van der Waals surface area contributed by atoms with Crippen LogP contribution in [0.5, 0.6) is 0 Å². The molecular weight excluding hydrogens is 453 g/mol. The van der Waals surface area contributed by atoms with Crippen LogP contribution in [0.25, 0.3) is 22.2 Å². The first-order valence-corrected chi connectivity index (χ1v) is 12.0. The molecule has 6 rings (SSSR count). The van der Waals surface area contributed by atoms with Crippen LogP contribution >= 0.6 is 0 Å². The maximum Gasteiger partial charge on any atom is 0.343 e. The van der Waals surface area contributed by atoms with Crippen molar-refractivity contribution in [2.45, 2.75) is 51.0 Å². The van der Waals surface area contributed by atoms with Crippen molar-refractivity contribution >= 4 is 16.9 Å². The highest BCUT2D eigenvalue weighted by atomic mass is 19.1. The quantitative estimate of drug-likeness (QED) is 0.444. The van der Waals surface area contributed by atoms with Gasteiger partial charge >= 0.3 is 5.97 Å². The fourth-order valence-electron chi connectivity index (χ4n) is 5.93. The molecule has 0 bridgehead atoms. The summed E-state index contributed by atoms with van der Waals surface area (Å²) < 4.78 is 23.0. The molecule has 182 valence electrons. The van der Waals surface area contributed by atoms with E-state index in [2.05, 4.69) is 16.5 Å². The van der Waals surface area contributed by atoms with E-state index in [0.29, 0.717) is 22.5 Å². The third-order valence-corrected chi connectivity index (χ3v) is 7.93. The van der Waals surface area contributed by atoms with Gasteiger partial charge in [-0.3, -0.25) is 9.59 Å². The van der Waals surface area contributed by atoms with E-state index < -0.39 is 22.9 Å². The summed E-state index contributed by atoms with van der Waals surface area (Å²) in [5, 5.41) is 11.4. The zero-order valence-corrected chi connectivity index (χ0v) is 19.6. The second kappa shape index (κ2) is 7.60. The summed E-state index contributed by atoms with van der Waals surface area (Å²) in [4.78, 5) is 42.0. The summed E-state index contributed by atoms with van der Waals surface area (Å²) in [5.41, 5.74) is -0.262. The summed E-state index contributed by atoms with van der Waals surface area (Å²) in [7, 11) is 2.07. The van der Waals surface area contributed by atoms with E-state index in [9.17, 15) is 23.9 Å². The minimum atomic E-state index is -1.96. The second-order valence-electron chi connectivity index (χ2n) is 9.82. The van der Waals surface area contributed by atoms with Crippen molar-refractivity contribution in [2.24, 2.45) is 0 Å². The fourth-order valence-corrected chi connectivity index (χ4v) is 5.93. The maximum atomic E-state index is 14.3. The Labute approximate surface area is 200 Å². The van der Waals surface area contributed by atoms with E-state index >= 15 is 0 Å². The number of pyridine rings is 2. The van der Waals surface area contributed by atoms with Crippen molar-refractivity contribution in [1.29, 1.82) is 0 Å². The van der Waals surface area contributed by atoms with Crippen molar-refractivity contribution in [2.75, 3.05) is 20.1 Å². The number of fused-ring (bicyclic) bond motifs is 5. The van der Waals surface area contributed by atoms with Gasteiger partial charge < -0.3 is 23.9 Å². The molecule has 1 aromatic carbocycles. The molecule has 35 heavy (non-hydrogen) atoms. The monoisotopic (exact) mass is 479 g/mol. The maximum absolute atomic E-state index is 14.3. The Kier molecular flexibility index (Phi) is 4.82. The van der Waals surface area contributed by atoms with Gasteiger partial charge in [0.2, 0.25) is 0 Å². The van der Waals surface area contributed by atoms with Crippen molar-refractivity contribution in [1.82, 2.24) is 14.0 Å². The standard InChI is InChI=1S/C26H26FN3O5/c1-3-26(34)18-11-20-22-21(12-29(20)24(32)17(18)13-35-25(26)33)30(15-6-8-28(2)9-7-15)19-5-4-14(27)10-16(19)23(22)31/h4-5,10-11,15,34H,3,6-9,12-13H2,1-2H3/t26-/m0/s1. The van der Waals surface area contributed by atoms with Crippen LogP contribution in [0.3, 0.4) is 0 Å². The lowest BCUT2D eigenvalue weighted by molar-refractivity contribution is -0.172. The first kappa shape index (κ1) is 22.2. The van der Waals surface area contributed by atoms with Crippen LogP contribution in [0.2, 0.25) is 0 Å². The lowest BCUT2D eigenvalue weighted by atomic mass is 9.85. The topological polar surface area (TPSA) is 93.8 Å². The number of ether oxygens (including phenoxy) is 1. The Morgan fingerprint density at radius 3 is 2.63 bits per heavy atom. The molecule has 1 N–H and O–H groups in total. The van der Waals surface area contributed by atoms with Crippen molar-refractivity contribution in [3.8, 4) is 11.3 Å². The number of piperidine rings is 1. The number of carbonyl (C=O) groups is 1. The zero-order chi connectivity index (χ0) is 24.6. The Hall–Kier alpha value is -3.30. The first-order chi connectivity index (χ1) is 16.7. The zero-order valence-electron chi connectivity index (χ0n) is 19.6. The number of rotatable bonds is 2. The van der Waals surface area contributed by atoms with Crippen molar-refractivity contribution in [3.05, 3.63) is 67.5 Å². The molecular formula is C26H26FN3O5. The van der Waals surface area contributed by atoms with Crippen LogP contribution in [0, 0.1) is 5.82 Å². The minimum Gasteiger partial charge on any atom is -0.458 e. The third kappa shape index (κ3) is 3.01. The van der Waals surface area contributed by atoms with Gasteiger partial charge in [-0.2, -0.15) is 0 Å². The van der Waals surface area contributed by atoms with Crippen LogP contribution < -0.4 is 11.0 Å². The molecule has 1 fully saturated rings. The molecule has 0 amide bonds. The van der Waals surface area contributed by atoms with E-state index in [1.807, 2.05) is 0 Å². The summed E-state index contributed by atoms with van der Waals surface area (Å²) in [6, 6.07) is 5.92. The number of cyclic esters (lactones) is 1. The number of benzene rings is 1. The largest absolute Gasteiger partial charge is 0.458 e. The number of nitrogens with zero attached hydrogens (tertiary/aromatic N) is 3. The highest BCUT2D eigenvalue weighted by molar-refractivity contribution is 5.88. The van der Waals surface area contributed by atoms with E-state index in [0.717, 1.165) is 25.9 Å². The van der Waals surface area contributed by atoms with E-state index in [1.165, 1.54) is 16.7 Å².